The topological polar surface area (TPSA) is 58.9 Å². The molecule has 0 spiro atoms. The zero-order valence-electron chi connectivity index (χ0n) is 10.8. The molecule has 1 aromatic rings. The Morgan fingerprint density at radius 3 is 3.00 bits per heavy atom. The second kappa shape index (κ2) is 3.69. The Bertz CT molecular complexity index is 624. The van der Waals surface area contributed by atoms with Crippen LogP contribution < -0.4 is 11.3 Å². The first-order valence-electron chi connectivity index (χ1n) is 6.40. The van der Waals surface area contributed by atoms with E-state index in [2.05, 4.69) is 31.0 Å². The number of aromatic amines is 1. The van der Waals surface area contributed by atoms with Gasteiger partial charge in [-0.2, -0.15) is 0 Å². The van der Waals surface area contributed by atoms with E-state index in [1.807, 2.05) is 6.07 Å². The third kappa shape index (κ3) is 1.44. The van der Waals surface area contributed by atoms with Gasteiger partial charge in [0.15, 0.2) is 0 Å². The first-order chi connectivity index (χ1) is 8.54. The number of hydrogen-bond acceptors (Lipinski definition) is 2. The van der Waals surface area contributed by atoms with Gasteiger partial charge >= 0.3 is 0 Å². The predicted octanol–water partition coefficient (Wildman–Crippen LogP) is 2.00. The van der Waals surface area contributed by atoms with Crippen molar-refractivity contribution in [1.82, 2.24) is 4.98 Å². The molecule has 2 atom stereocenters. The summed E-state index contributed by atoms with van der Waals surface area (Å²) < 4.78 is 0. The van der Waals surface area contributed by atoms with Crippen molar-refractivity contribution in [3.05, 3.63) is 57.0 Å². The van der Waals surface area contributed by atoms with Gasteiger partial charge in [-0.3, -0.25) is 4.79 Å². The Hall–Kier alpha value is -1.61. The van der Waals surface area contributed by atoms with Crippen molar-refractivity contribution >= 4 is 0 Å². The first-order valence-corrected chi connectivity index (χ1v) is 6.40. The Morgan fingerprint density at radius 1 is 1.50 bits per heavy atom. The van der Waals surface area contributed by atoms with Crippen LogP contribution in [0.25, 0.3) is 0 Å². The zero-order chi connectivity index (χ0) is 12.9. The number of hydrogen-bond donors (Lipinski definition) is 2. The molecule has 0 aromatic carbocycles. The molecule has 2 aliphatic carbocycles. The molecule has 0 fully saturated rings. The van der Waals surface area contributed by atoms with Crippen LogP contribution in [0.1, 0.15) is 31.5 Å². The molecule has 2 aliphatic rings. The summed E-state index contributed by atoms with van der Waals surface area (Å²) in [6.45, 7) is 4.19. The minimum absolute atomic E-state index is 0.0416. The Kier molecular flexibility index (Phi) is 2.35. The summed E-state index contributed by atoms with van der Waals surface area (Å²) in [6, 6.07) is 3.47. The van der Waals surface area contributed by atoms with Crippen molar-refractivity contribution in [2.24, 2.45) is 11.7 Å². The first kappa shape index (κ1) is 11.5. The van der Waals surface area contributed by atoms with E-state index in [0.717, 1.165) is 24.1 Å². The average molecular weight is 242 g/mol. The highest BCUT2D eigenvalue weighted by molar-refractivity contribution is 5.48. The van der Waals surface area contributed by atoms with Gasteiger partial charge in [-0.05, 0) is 43.9 Å². The van der Waals surface area contributed by atoms with Crippen LogP contribution in [0.3, 0.4) is 0 Å². The Morgan fingerprint density at radius 2 is 2.28 bits per heavy atom. The molecule has 1 aromatic heterocycles. The van der Waals surface area contributed by atoms with Crippen molar-refractivity contribution in [3.63, 3.8) is 0 Å². The molecule has 0 amide bonds. The van der Waals surface area contributed by atoms with Gasteiger partial charge in [-0.25, -0.2) is 0 Å². The highest BCUT2D eigenvalue weighted by atomic mass is 16.1. The Balaban J connectivity index is 2.28. The number of H-pyrrole nitrogens is 1. The van der Waals surface area contributed by atoms with Crippen LogP contribution in [0.5, 0.6) is 0 Å². The number of aromatic nitrogens is 1. The van der Waals surface area contributed by atoms with E-state index in [9.17, 15) is 4.79 Å². The highest BCUT2D eigenvalue weighted by Crippen LogP contribution is 2.47. The molecular formula is C15H18N2O. The minimum Gasteiger partial charge on any atom is -0.326 e. The second-order valence-electron chi connectivity index (χ2n) is 5.43. The quantitative estimate of drug-likeness (QED) is 0.684. The lowest BCUT2D eigenvalue weighted by Crippen LogP contribution is -2.48. The lowest BCUT2D eigenvalue weighted by Gasteiger charge is -2.45. The van der Waals surface area contributed by atoms with Crippen LogP contribution in [-0.4, -0.2) is 4.98 Å². The fourth-order valence-electron chi connectivity index (χ4n) is 3.57. The van der Waals surface area contributed by atoms with Crippen LogP contribution in [-0.2, 0) is 12.0 Å². The summed E-state index contributed by atoms with van der Waals surface area (Å²) in [7, 11) is 0. The molecule has 0 radical (unpaired) electrons. The standard InChI is InChI=1S/C15H18N2O/c1-3-11-10-6-9(2)8-15(11,16)12-4-5-14(18)17-13(12)7-10/h3-6,10H,7-8,16H2,1-2H3,(H,17,18)/t10?,15-/m1/s1. The monoisotopic (exact) mass is 242 g/mol. The van der Waals surface area contributed by atoms with Gasteiger partial charge in [0.1, 0.15) is 0 Å². The van der Waals surface area contributed by atoms with E-state index < -0.39 is 5.54 Å². The van der Waals surface area contributed by atoms with Gasteiger partial charge in [-0.1, -0.05) is 17.7 Å². The van der Waals surface area contributed by atoms with Gasteiger partial charge in [0.25, 0.3) is 0 Å². The van der Waals surface area contributed by atoms with Gasteiger partial charge in [0.2, 0.25) is 5.56 Å². The fraction of sp³-hybridized carbons (Fsp3) is 0.400. The van der Waals surface area contributed by atoms with Crippen molar-refractivity contribution < 1.29 is 0 Å². The number of allylic oxidation sites excluding steroid dienone is 2. The maximum atomic E-state index is 11.5. The summed E-state index contributed by atoms with van der Waals surface area (Å²) in [5, 5.41) is 0. The van der Waals surface area contributed by atoms with Gasteiger partial charge < -0.3 is 10.7 Å². The SMILES string of the molecule is CC=C1C2C=C(C)C[C@]1(N)c1ccc(=O)[nH]c1C2. The second-order valence-corrected chi connectivity index (χ2v) is 5.43. The summed E-state index contributed by atoms with van der Waals surface area (Å²) in [5.41, 5.74) is 10.9. The van der Waals surface area contributed by atoms with Crippen LogP contribution in [0, 0.1) is 5.92 Å². The summed E-state index contributed by atoms with van der Waals surface area (Å²) in [5.74, 6) is 0.333. The molecular weight excluding hydrogens is 224 g/mol. The van der Waals surface area contributed by atoms with E-state index in [0.29, 0.717) is 5.92 Å². The normalized spacial score (nSPS) is 32.1. The number of rotatable bonds is 0. The van der Waals surface area contributed by atoms with Crippen molar-refractivity contribution in [3.8, 4) is 0 Å². The molecule has 3 rings (SSSR count). The number of pyridine rings is 1. The third-order valence-electron chi connectivity index (χ3n) is 4.17. The van der Waals surface area contributed by atoms with Crippen LogP contribution in [0.2, 0.25) is 0 Å². The molecule has 94 valence electrons. The summed E-state index contributed by atoms with van der Waals surface area (Å²) >= 11 is 0. The summed E-state index contributed by atoms with van der Waals surface area (Å²) in [4.78, 5) is 14.4. The number of fused-ring (bicyclic) bond motifs is 4. The van der Waals surface area contributed by atoms with Gasteiger partial charge in [0.05, 0.1) is 5.54 Å². The van der Waals surface area contributed by atoms with Crippen molar-refractivity contribution in [2.75, 3.05) is 0 Å². The Labute approximate surface area is 106 Å². The third-order valence-corrected chi connectivity index (χ3v) is 4.17. The molecule has 0 aliphatic heterocycles. The molecule has 18 heavy (non-hydrogen) atoms. The predicted molar refractivity (Wildman–Crippen MR) is 72.3 cm³/mol. The molecule has 3 nitrogen and oxygen atoms in total. The zero-order valence-corrected chi connectivity index (χ0v) is 10.8. The van der Waals surface area contributed by atoms with E-state index >= 15 is 0 Å². The smallest absolute Gasteiger partial charge is 0.248 e. The molecule has 1 unspecified atom stereocenters. The van der Waals surface area contributed by atoms with E-state index in [1.54, 1.807) is 6.07 Å². The van der Waals surface area contributed by atoms with E-state index in [4.69, 9.17) is 5.73 Å². The summed E-state index contributed by atoms with van der Waals surface area (Å²) in [6.07, 6.45) is 6.11. The van der Waals surface area contributed by atoms with Crippen LogP contribution in [0.4, 0.5) is 0 Å². The average Bonchev–Trinajstić information content (AvgIpc) is 2.26. The van der Waals surface area contributed by atoms with Crippen molar-refractivity contribution in [1.29, 1.82) is 0 Å². The largest absolute Gasteiger partial charge is 0.326 e. The molecule has 0 saturated carbocycles. The number of nitrogens with two attached hydrogens (primary N) is 1. The highest BCUT2D eigenvalue weighted by Gasteiger charge is 2.43. The van der Waals surface area contributed by atoms with Crippen LogP contribution >= 0.6 is 0 Å². The fourth-order valence-corrected chi connectivity index (χ4v) is 3.57. The van der Waals surface area contributed by atoms with Crippen molar-refractivity contribution in [2.45, 2.75) is 32.2 Å². The van der Waals surface area contributed by atoms with E-state index in [-0.39, 0.29) is 5.56 Å². The number of nitrogens with one attached hydrogen (secondary N) is 1. The molecule has 0 saturated heterocycles. The van der Waals surface area contributed by atoms with E-state index in [1.165, 1.54) is 11.1 Å². The maximum absolute atomic E-state index is 11.5. The van der Waals surface area contributed by atoms with Gasteiger partial charge in [0, 0.05) is 17.7 Å². The van der Waals surface area contributed by atoms with Gasteiger partial charge in [-0.15, -0.1) is 0 Å². The lowest BCUT2D eigenvalue weighted by atomic mass is 9.63. The molecule has 2 bridgehead atoms. The lowest BCUT2D eigenvalue weighted by molar-refractivity contribution is 0.409. The molecule has 3 N–H and O–H groups in total. The maximum Gasteiger partial charge on any atom is 0.248 e. The van der Waals surface area contributed by atoms with Crippen LogP contribution in [0.15, 0.2) is 40.2 Å². The molecule has 3 heteroatoms. The minimum atomic E-state index is -0.434. The molecule has 1 heterocycles.